The number of pyridine rings is 2. The molecule has 7 nitrogen and oxygen atoms in total. The van der Waals surface area contributed by atoms with Crippen LogP contribution in [0.2, 0.25) is 0 Å². The van der Waals surface area contributed by atoms with Crippen molar-refractivity contribution in [2.45, 2.75) is 70.3 Å². The number of carbonyl (C=O) groups is 1. The number of hydrogen-bond donors (Lipinski definition) is 1. The average Bonchev–Trinajstić information content (AvgIpc) is 3.72. The van der Waals surface area contributed by atoms with Crippen LogP contribution in [0.3, 0.4) is 0 Å². The highest BCUT2D eigenvalue weighted by Crippen LogP contribution is 2.53. The molecule has 6 rings (SSSR count). The van der Waals surface area contributed by atoms with Gasteiger partial charge in [0.25, 0.3) is 5.91 Å². The minimum atomic E-state index is -0.0642. The molecule has 1 aliphatic carbocycles. The molecule has 0 unspecified atom stereocenters. The van der Waals surface area contributed by atoms with Gasteiger partial charge in [-0.05, 0) is 88.1 Å². The number of nitrogens with one attached hydrogen (secondary N) is 1. The van der Waals surface area contributed by atoms with Crippen molar-refractivity contribution in [3.8, 4) is 0 Å². The summed E-state index contributed by atoms with van der Waals surface area (Å²) < 4.78 is 0. The molecule has 2 aromatic heterocycles. The second kappa shape index (κ2) is 10.6. The Bertz CT molecular complexity index is 1040. The van der Waals surface area contributed by atoms with Crippen LogP contribution in [0.4, 0.5) is 5.82 Å². The highest BCUT2D eigenvalue weighted by atomic mass is 16.1. The van der Waals surface area contributed by atoms with E-state index in [0.717, 1.165) is 67.7 Å². The highest BCUT2D eigenvalue weighted by Gasteiger charge is 2.44. The maximum Gasteiger partial charge on any atom is 0.270 e. The van der Waals surface area contributed by atoms with Crippen LogP contribution >= 0.6 is 0 Å². The summed E-state index contributed by atoms with van der Waals surface area (Å²) in [6.45, 7) is 9.18. The van der Waals surface area contributed by atoms with Gasteiger partial charge in [-0.1, -0.05) is 12.8 Å². The van der Waals surface area contributed by atoms with Crippen molar-refractivity contribution < 1.29 is 4.79 Å². The lowest BCUT2D eigenvalue weighted by atomic mass is 9.94. The van der Waals surface area contributed by atoms with E-state index in [4.69, 9.17) is 4.98 Å². The van der Waals surface area contributed by atoms with Gasteiger partial charge in [-0.3, -0.25) is 9.78 Å². The smallest absolute Gasteiger partial charge is 0.270 e. The molecule has 0 aromatic carbocycles. The number of amides is 1. The second-order valence-corrected chi connectivity index (χ2v) is 11.7. The Morgan fingerprint density at radius 2 is 1.56 bits per heavy atom. The van der Waals surface area contributed by atoms with Gasteiger partial charge in [0.2, 0.25) is 0 Å². The molecule has 3 aliphatic heterocycles. The van der Waals surface area contributed by atoms with Crippen LogP contribution in [0, 0.1) is 5.41 Å². The van der Waals surface area contributed by atoms with Crippen LogP contribution in [0.1, 0.15) is 74.7 Å². The molecule has 1 amide bonds. The molecular weight excluding hydrogens is 448 g/mol. The van der Waals surface area contributed by atoms with E-state index >= 15 is 0 Å². The standard InChI is InChI=1S/C29H42N6O/c36-28(27-24-5-6-26(32-25(24)7-14-30-27)35-15-3-1-2-4-16-35)31-23-8-17-33(18-9-23)21-22-34-19-12-29(10-11-29)13-20-34/h5-7,14,23H,1-4,8-13,15-22H2,(H,31,36). The van der Waals surface area contributed by atoms with E-state index < -0.39 is 0 Å². The summed E-state index contributed by atoms with van der Waals surface area (Å²) in [4.78, 5) is 30.2. The second-order valence-electron chi connectivity index (χ2n) is 11.7. The largest absolute Gasteiger partial charge is 0.357 e. The van der Waals surface area contributed by atoms with E-state index in [0.29, 0.717) is 5.69 Å². The number of piperidine rings is 2. The van der Waals surface area contributed by atoms with E-state index in [1.165, 1.54) is 71.0 Å². The summed E-state index contributed by atoms with van der Waals surface area (Å²) in [6.07, 6.45) is 14.6. The van der Waals surface area contributed by atoms with Gasteiger partial charge in [0.05, 0.1) is 5.52 Å². The van der Waals surface area contributed by atoms with Crippen LogP contribution < -0.4 is 10.2 Å². The lowest BCUT2D eigenvalue weighted by Gasteiger charge is -2.36. The molecule has 7 heteroatoms. The maximum atomic E-state index is 13.2. The van der Waals surface area contributed by atoms with Gasteiger partial charge >= 0.3 is 0 Å². The Kier molecular flexibility index (Phi) is 7.11. The zero-order valence-corrected chi connectivity index (χ0v) is 21.8. The van der Waals surface area contributed by atoms with E-state index in [1.54, 1.807) is 6.20 Å². The van der Waals surface area contributed by atoms with Crippen LogP contribution in [-0.2, 0) is 0 Å². The molecular formula is C29H42N6O. The normalized spacial score (nSPS) is 23.6. The van der Waals surface area contributed by atoms with Crippen LogP contribution in [-0.4, -0.2) is 84.1 Å². The Balaban J connectivity index is 1.01. The van der Waals surface area contributed by atoms with Gasteiger partial charge in [-0.2, -0.15) is 0 Å². The summed E-state index contributed by atoms with van der Waals surface area (Å²) in [5, 5.41) is 4.13. The molecule has 36 heavy (non-hydrogen) atoms. The molecule has 4 fully saturated rings. The fourth-order valence-electron chi connectivity index (χ4n) is 6.47. The minimum absolute atomic E-state index is 0.0642. The Morgan fingerprint density at radius 1 is 0.861 bits per heavy atom. The predicted molar refractivity (Wildman–Crippen MR) is 144 cm³/mol. The SMILES string of the molecule is O=C(NC1CCN(CCN2CCC3(CC2)CC3)CC1)c1nccc2nc(N3CCCCCC3)ccc12. The minimum Gasteiger partial charge on any atom is -0.357 e. The third-order valence-electron chi connectivity index (χ3n) is 9.28. The number of fused-ring (bicyclic) bond motifs is 1. The van der Waals surface area contributed by atoms with Gasteiger partial charge < -0.3 is 20.0 Å². The average molecular weight is 491 g/mol. The summed E-state index contributed by atoms with van der Waals surface area (Å²) in [5.41, 5.74) is 2.12. The first-order chi connectivity index (χ1) is 17.7. The molecule has 0 bridgehead atoms. The molecule has 194 valence electrons. The first kappa shape index (κ1) is 24.1. The fraction of sp³-hybridized carbons (Fsp3) is 0.690. The van der Waals surface area contributed by atoms with Crippen molar-refractivity contribution in [1.82, 2.24) is 25.1 Å². The first-order valence-electron chi connectivity index (χ1n) is 14.4. The topological polar surface area (TPSA) is 64.6 Å². The molecule has 4 aliphatic rings. The number of nitrogens with zero attached hydrogens (tertiary/aromatic N) is 5. The molecule has 1 saturated carbocycles. The summed E-state index contributed by atoms with van der Waals surface area (Å²) in [7, 11) is 0. The van der Waals surface area contributed by atoms with Crippen molar-refractivity contribution in [3.63, 3.8) is 0 Å². The number of aromatic nitrogens is 2. The lowest BCUT2D eigenvalue weighted by molar-refractivity contribution is 0.0898. The maximum absolute atomic E-state index is 13.2. The number of anilines is 1. The fourth-order valence-corrected chi connectivity index (χ4v) is 6.47. The Morgan fingerprint density at radius 3 is 2.25 bits per heavy atom. The van der Waals surface area contributed by atoms with E-state index in [1.807, 2.05) is 12.1 Å². The van der Waals surface area contributed by atoms with Gasteiger partial charge in [-0.15, -0.1) is 0 Å². The predicted octanol–water partition coefficient (Wildman–Crippen LogP) is 4.08. The zero-order chi connectivity index (χ0) is 24.4. The molecule has 5 heterocycles. The van der Waals surface area contributed by atoms with Crippen molar-refractivity contribution >= 4 is 22.6 Å². The van der Waals surface area contributed by atoms with Crippen LogP contribution in [0.25, 0.3) is 10.9 Å². The monoisotopic (exact) mass is 490 g/mol. The van der Waals surface area contributed by atoms with Gasteiger partial charge in [0, 0.05) is 56.9 Å². The zero-order valence-electron chi connectivity index (χ0n) is 21.8. The Labute approximate surface area is 215 Å². The third-order valence-corrected chi connectivity index (χ3v) is 9.28. The van der Waals surface area contributed by atoms with Crippen LogP contribution in [0.5, 0.6) is 0 Å². The van der Waals surface area contributed by atoms with Gasteiger partial charge in [0.15, 0.2) is 0 Å². The van der Waals surface area contributed by atoms with Crippen molar-refractivity contribution in [2.75, 3.05) is 57.3 Å². The van der Waals surface area contributed by atoms with Crippen molar-refractivity contribution in [2.24, 2.45) is 5.41 Å². The van der Waals surface area contributed by atoms with Crippen LogP contribution in [0.15, 0.2) is 24.4 Å². The molecule has 1 spiro atoms. The van der Waals surface area contributed by atoms with Crippen molar-refractivity contribution in [3.05, 3.63) is 30.1 Å². The third kappa shape index (κ3) is 5.52. The van der Waals surface area contributed by atoms with Crippen molar-refractivity contribution in [1.29, 1.82) is 0 Å². The molecule has 0 radical (unpaired) electrons. The molecule has 3 saturated heterocycles. The first-order valence-corrected chi connectivity index (χ1v) is 14.4. The number of hydrogen-bond acceptors (Lipinski definition) is 6. The summed E-state index contributed by atoms with van der Waals surface area (Å²) >= 11 is 0. The number of likely N-dealkylation sites (tertiary alicyclic amines) is 2. The number of carbonyl (C=O) groups excluding carboxylic acids is 1. The summed E-state index contributed by atoms with van der Waals surface area (Å²) in [5.74, 6) is 0.955. The molecule has 0 atom stereocenters. The van der Waals surface area contributed by atoms with E-state index in [9.17, 15) is 4.79 Å². The quantitative estimate of drug-likeness (QED) is 0.658. The van der Waals surface area contributed by atoms with E-state index in [-0.39, 0.29) is 11.9 Å². The molecule has 1 N–H and O–H groups in total. The van der Waals surface area contributed by atoms with Gasteiger partial charge in [-0.25, -0.2) is 4.98 Å². The van der Waals surface area contributed by atoms with Gasteiger partial charge in [0.1, 0.15) is 11.5 Å². The summed E-state index contributed by atoms with van der Waals surface area (Å²) in [6, 6.07) is 6.26. The van der Waals surface area contributed by atoms with E-state index in [2.05, 4.69) is 31.1 Å². The molecule has 2 aromatic rings. The number of rotatable bonds is 6. The highest BCUT2D eigenvalue weighted by molar-refractivity contribution is 6.04. The Hall–Kier alpha value is -2.25. The lowest BCUT2D eigenvalue weighted by Crippen LogP contribution is -2.47.